The van der Waals surface area contributed by atoms with Crippen LogP contribution in [0.15, 0.2) is 24.3 Å². The van der Waals surface area contributed by atoms with E-state index in [0.717, 1.165) is 0 Å². The highest BCUT2D eigenvalue weighted by Gasteiger charge is 2.25. The third-order valence-electron chi connectivity index (χ3n) is 2.19. The van der Waals surface area contributed by atoms with Gasteiger partial charge in [0.15, 0.2) is 0 Å². The summed E-state index contributed by atoms with van der Waals surface area (Å²) in [6.45, 7) is 1.54. The van der Waals surface area contributed by atoms with Crippen molar-refractivity contribution < 1.29 is 14.2 Å². The van der Waals surface area contributed by atoms with Gasteiger partial charge in [-0.15, -0.1) is 0 Å². The summed E-state index contributed by atoms with van der Waals surface area (Å²) in [5, 5.41) is 9.08. The second-order valence-corrected chi connectivity index (χ2v) is 3.10. The Morgan fingerprint density at radius 2 is 2.23 bits per heavy atom. The SMILES string of the molecule is COC(C)(CO)c1cccc(F)c1. The molecule has 1 atom stereocenters. The first-order chi connectivity index (χ1) is 6.12. The van der Waals surface area contributed by atoms with Crippen molar-refractivity contribution in [2.45, 2.75) is 12.5 Å². The van der Waals surface area contributed by atoms with Crippen LogP contribution in [0.25, 0.3) is 0 Å². The molecule has 0 radical (unpaired) electrons. The normalized spacial score (nSPS) is 15.4. The minimum absolute atomic E-state index is 0.174. The number of benzene rings is 1. The molecule has 13 heavy (non-hydrogen) atoms. The van der Waals surface area contributed by atoms with Crippen LogP contribution in [-0.4, -0.2) is 18.8 Å². The fourth-order valence-electron chi connectivity index (χ4n) is 1.09. The van der Waals surface area contributed by atoms with Crippen molar-refractivity contribution in [1.29, 1.82) is 0 Å². The van der Waals surface area contributed by atoms with Crippen LogP contribution >= 0.6 is 0 Å². The Kier molecular flexibility index (Phi) is 3.01. The highest BCUT2D eigenvalue weighted by Crippen LogP contribution is 2.24. The standard InChI is InChI=1S/C10H13FO2/c1-10(7-12,13-2)8-4-3-5-9(11)6-8/h3-6,12H,7H2,1-2H3. The first kappa shape index (κ1) is 10.2. The molecule has 0 fully saturated rings. The summed E-state index contributed by atoms with van der Waals surface area (Å²) in [5.41, 5.74) is -0.181. The van der Waals surface area contributed by atoms with E-state index in [2.05, 4.69) is 0 Å². The molecule has 0 aliphatic heterocycles. The van der Waals surface area contributed by atoms with Gasteiger partial charge < -0.3 is 9.84 Å². The van der Waals surface area contributed by atoms with E-state index in [1.165, 1.54) is 19.2 Å². The first-order valence-electron chi connectivity index (χ1n) is 4.04. The van der Waals surface area contributed by atoms with Gasteiger partial charge in [-0.1, -0.05) is 12.1 Å². The van der Waals surface area contributed by atoms with Crippen LogP contribution in [0, 0.1) is 5.82 Å². The molecular formula is C10H13FO2. The van der Waals surface area contributed by atoms with Gasteiger partial charge >= 0.3 is 0 Å². The minimum atomic E-state index is -0.817. The molecule has 72 valence electrons. The third kappa shape index (κ3) is 2.05. The lowest BCUT2D eigenvalue weighted by molar-refractivity contribution is -0.0423. The lowest BCUT2D eigenvalue weighted by Gasteiger charge is -2.26. The molecule has 0 heterocycles. The van der Waals surface area contributed by atoms with Gasteiger partial charge in [0.25, 0.3) is 0 Å². The molecule has 1 aromatic rings. The van der Waals surface area contributed by atoms with Gasteiger partial charge in [0.05, 0.1) is 6.61 Å². The van der Waals surface area contributed by atoms with Gasteiger partial charge in [-0.3, -0.25) is 0 Å². The third-order valence-corrected chi connectivity index (χ3v) is 2.19. The van der Waals surface area contributed by atoms with Gasteiger partial charge in [0, 0.05) is 7.11 Å². The summed E-state index contributed by atoms with van der Waals surface area (Å²) < 4.78 is 17.9. The highest BCUT2D eigenvalue weighted by molar-refractivity contribution is 5.22. The van der Waals surface area contributed by atoms with Gasteiger partial charge in [0.2, 0.25) is 0 Å². The van der Waals surface area contributed by atoms with Crippen LogP contribution in [0.1, 0.15) is 12.5 Å². The predicted molar refractivity (Wildman–Crippen MR) is 47.8 cm³/mol. The Morgan fingerprint density at radius 1 is 1.54 bits per heavy atom. The Labute approximate surface area is 77.0 Å². The zero-order valence-corrected chi connectivity index (χ0v) is 7.75. The topological polar surface area (TPSA) is 29.5 Å². The predicted octanol–water partition coefficient (Wildman–Crippen LogP) is 1.68. The fourth-order valence-corrected chi connectivity index (χ4v) is 1.09. The summed E-state index contributed by atoms with van der Waals surface area (Å²) in [4.78, 5) is 0. The number of methoxy groups -OCH3 is 1. The Bertz CT molecular complexity index is 282. The van der Waals surface area contributed by atoms with E-state index in [9.17, 15) is 4.39 Å². The number of halogens is 1. The van der Waals surface area contributed by atoms with Crippen LogP contribution in [0.2, 0.25) is 0 Å². The van der Waals surface area contributed by atoms with Gasteiger partial charge in [-0.25, -0.2) is 4.39 Å². The molecule has 1 aromatic carbocycles. The second-order valence-electron chi connectivity index (χ2n) is 3.10. The number of aliphatic hydroxyl groups is 1. The van der Waals surface area contributed by atoms with Crippen LogP contribution in [0.5, 0.6) is 0 Å². The molecule has 0 aliphatic rings. The summed E-state index contributed by atoms with van der Waals surface area (Å²) in [6, 6.07) is 6.04. The smallest absolute Gasteiger partial charge is 0.123 e. The molecule has 1 N–H and O–H groups in total. The second kappa shape index (κ2) is 3.85. The zero-order chi connectivity index (χ0) is 9.90. The van der Waals surface area contributed by atoms with Crippen molar-refractivity contribution in [1.82, 2.24) is 0 Å². The average Bonchev–Trinajstić information content (AvgIpc) is 2.17. The molecule has 0 amide bonds. The molecule has 0 saturated carbocycles. The molecule has 0 bridgehead atoms. The van der Waals surface area contributed by atoms with Crippen LogP contribution in [-0.2, 0) is 10.3 Å². The molecule has 0 saturated heterocycles. The van der Waals surface area contributed by atoms with Crippen molar-refractivity contribution in [3.8, 4) is 0 Å². The van der Waals surface area contributed by atoms with E-state index in [1.54, 1.807) is 19.1 Å². The van der Waals surface area contributed by atoms with E-state index >= 15 is 0 Å². The van der Waals surface area contributed by atoms with Crippen LogP contribution in [0.3, 0.4) is 0 Å². The number of hydrogen-bond acceptors (Lipinski definition) is 2. The fraction of sp³-hybridized carbons (Fsp3) is 0.400. The summed E-state index contributed by atoms with van der Waals surface area (Å²) in [5.74, 6) is -0.325. The number of hydrogen-bond donors (Lipinski definition) is 1. The number of rotatable bonds is 3. The molecule has 2 nitrogen and oxygen atoms in total. The quantitative estimate of drug-likeness (QED) is 0.774. The Balaban J connectivity index is 3.05. The largest absolute Gasteiger partial charge is 0.393 e. The van der Waals surface area contributed by atoms with E-state index in [0.29, 0.717) is 5.56 Å². The lowest BCUT2D eigenvalue weighted by atomic mass is 9.97. The zero-order valence-electron chi connectivity index (χ0n) is 7.75. The van der Waals surface area contributed by atoms with Gasteiger partial charge in [-0.2, -0.15) is 0 Å². The monoisotopic (exact) mass is 184 g/mol. The van der Waals surface area contributed by atoms with E-state index in [1.807, 2.05) is 0 Å². The number of aliphatic hydroxyl groups excluding tert-OH is 1. The van der Waals surface area contributed by atoms with E-state index in [4.69, 9.17) is 9.84 Å². The van der Waals surface area contributed by atoms with Gasteiger partial charge in [0.1, 0.15) is 11.4 Å². The molecule has 0 aliphatic carbocycles. The van der Waals surface area contributed by atoms with Crippen molar-refractivity contribution in [3.05, 3.63) is 35.6 Å². The highest BCUT2D eigenvalue weighted by atomic mass is 19.1. The van der Waals surface area contributed by atoms with E-state index < -0.39 is 5.60 Å². The van der Waals surface area contributed by atoms with Crippen LogP contribution in [0.4, 0.5) is 4.39 Å². The average molecular weight is 184 g/mol. The summed E-state index contributed by atoms with van der Waals surface area (Å²) in [6.07, 6.45) is 0. The molecule has 0 spiro atoms. The summed E-state index contributed by atoms with van der Waals surface area (Å²) in [7, 11) is 1.49. The van der Waals surface area contributed by atoms with Gasteiger partial charge in [-0.05, 0) is 24.6 Å². The minimum Gasteiger partial charge on any atom is -0.393 e. The molecular weight excluding hydrogens is 171 g/mol. The molecule has 1 unspecified atom stereocenters. The Morgan fingerprint density at radius 3 is 2.69 bits per heavy atom. The lowest BCUT2D eigenvalue weighted by Crippen LogP contribution is -2.28. The number of ether oxygens (including phenoxy) is 1. The van der Waals surface area contributed by atoms with Crippen LogP contribution < -0.4 is 0 Å². The molecule has 0 aromatic heterocycles. The maximum absolute atomic E-state index is 12.8. The molecule has 3 heteroatoms. The van der Waals surface area contributed by atoms with Crippen molar-refractivity contribution in [2.75, 3.05) is 13.7 Å². The first-order valence-corrected chi connectivity index (χ1v) is 4.04. The van der Waals surface area contributed by atoms with Crippen molar-refractivity contribution in [2.24, 2.45) is 0 Å². The maximum atomic E-state index is 12.8. The Hall–Kier alpha value is -0.930. The molecule has 1 rings (SSSR count). The van der Waals surface area contributed by atoms with Crippen molar-refractivity contribution in [3.63, 3.8) is 0 Å². The van der Waals surface area contributed by atoms with Crippen molar-refractivity contribution >= 4 is 0 Å². The maximum Gasteiger partial charge on any atom is 0.123 e. The van der Waals surface area contributed by atoms with E-state index in [-0.39, 0.29) is 12.4 Å². The summed E-state index contributed by atoms with van der Waals surface area (Å²) >= 11 is 0.